The summed E-state index contributed by atoms with van der Waals surface area (Å²) in [7, 11) is -1.44. The Bertz CT molecular complexity index is 658. The van der Waals surface area contributed by atoms with Crippen LogP contribution in [0.15, 0.2) is 23.1 Å². The summed E-state index contributed by atoms with van der Waals surface area (Å²) in [6.45, 7) is 1.34. The van der Waals surface area contributed by atoms with Crippen LogP contribution in [0.25, 0.3) is 0 Å². The molecule has 1 atom stereocenters. The average Bonchev–Trinajstić information content (AvgIpc) is 2.46. The van der Waals surface area contributed by atoms with E-state index in [1.165, 1.54) is 26.1 Å². The van der Waals surface area contributed by atoms with E-state index in [1.54, 1.807) is 0 Å². The van der Waals surface area contributed by atoms with E-state index >= 15 is 0 Å². The van der Waals surface area contributed by atoms with Gasteiger partial charge in [0, 0.05) is 0 Å². The predicted molar refractivity (Wildman–Crippen MR) is 74.6 cm³/mol. The summed E-state index contributed by atoms with van der Waals surface area (Å²) in [6, 6.07) is 3.62. The van der Waals surface area contributed by atoms with Crippen LogP contribution in [0, 0.1) is 0 Å². The lowest BCUT2D eigenvalue weighted by atomic mass is 10.2. The van der Waals surface area contributed by atoms with Gasteiger partial charge in [0.1, 0.15) is 4.90 Å². The van der Waals surface area contributed by atoms with E-state index in [9.17, 15) is 18.0 Å². The van der Waals surface area contributed by atoms with Crippen molar-refractivity contribution in [3.05, 3.63) is 28.8 Å². The molecule has 0 saturated carbocycles. The third kappa shape index (κ3) is 4.16. The lowest BCUT2D eigenvalue weighted by molar-refractivity contribution is -0.149. The van der Waals surface area contributed by atoms with Gasteiger partial charge < -0.3 is 9.47 Å². The molecule has 0 aliphatic carbocycles. The molecule has 0 amide bonds. The van der Waals surface area contributed by atoms with E-state index in [0.717, 1.165) is 13.2 Å². The quantitative estimate of drug-likeness (QED) is 0.805. The minimum atomic E-state index is -3.82. The molecule has 0 aliphatic rings. The highest BCUT2D eigenvalue weighted by molar-refractivity contribution is 7.89. The molecule has 0 saturated heterocycles. The van der Waals surface area contributed by atoms with E-state index in [0.29, 0.717) is 0 Å². The Morgan fingerprint density at radius 2 is 1.95 bits per heavy atom. The number of methoxy groups -OCH3 is 1. The summed E-state index contributed by atoms with van der Waals surface area (Å²) in [5, 5.41) is -0.0399. The van der Waals surface area contributed by atoms with E-state index < -0.39 is 28.1 Å². The highest BCUT2D eigenvalue weighted by atomic mass is 35.5. The van der Waals surface area contributed by atoms with Crippen LogP contribution < -0.4 is 4.72 Å². The van der Waals surface area contributed by atoms with Crippen molar-refractivity contribution in [2.45, 2.75) is 17.9 Å². The van der Waals surface area contributed by atoms with Gasteiger partial charge in [0.2, 0.25) is 10.0 Å². The number of ether oxygens (including phenoxy) is 2. The number of sulfonamides is 1. The summed E-state index contributed by atoms with van der Waals surface area (Å²) >= 11 is 5.80. The smallest absolute Gasteiger partial charge is 0.346 e. The van der Waals surface area contributed by atoms with Crippen LogP contribution in [-0.2, 0) is 24.3 Å². The molecule has 0 aromatic heterocycles. The van der Waals surface area contributed by atoms with Gasteiger partial charge in [0.05, 0.1) is 17.7 Å². The number of carbonyl (C=O) groups is 2. The highest BCUT2D eigenvalue weighted by Crippen LogP contribution is 2.23. The molecular formula is C12H14ClNO6S. The van der Waals surface area contributed by atoms with Gasteiger partial charge in [-0.25, -0.2) is 22.7 Å². The van der Waals surface area contributed by atoms with Crippen LogP contribution in [0.5, 0.6) is 0 Å². The summed E-state index contributed by atoms with van der Waals surface area (Å²) in [5.74, 6) is -1.59. The fraction of sp³-hybridized carbons (Fsp3) is 0.333. The Morgan fingerprint density at radius 3 is 2.48 bits per heavy atom. The van der Waals surface area contributed by atoms with Gasteiger partial charge in [-0.15, -0.1) is 0 Å². The summed E-state index contributed by atoms with van der Waals surface area (Å²) in [6.07, 6.45) is -1.11. The van der Waals surface area contributed by atoms with Crippen molar-refractivity contribution in [3.63, 3.8) is 0 Å². The molecule has 116 valence electrons. The van der Waals surface area contributed by atoms with Crippen LogP contribution in [0.3, 0.4) is 0 Å². The van der Waals surface area contributed by atoms with E-state index in [2.05, 4.69) is 9.46 Å². The van der Waals surface area contributed by atoms with Gasteiger partial charge >= 0.3 is 11.9 Å². The van der Waals surface area contributed by atoms with Gasteiger partial charge in [-0.05, 0) is 32.2 Å². The zero-order valence-corrected chi connectivity index (χ0v) is 13.1. The van der Waals surface area contributed by atoms with Gasteiger partial charge in [-0.1, -0.05) is 11.6 Å². The Morgan fingerprint density at radius 1 is 1.33 bits per heavy atom. The lowest BCUT2D eigenvalue weighted by Crippen LogP contribution is -2.25. The summed E-state index contributed by atoms with van der Waals surface area (Å²) in [4.78, 5) is 22.8. The predicted octanol–water partition coefficient (Wildman–Crippen LogP) is 0.966. The number of halogens is 1. The van der Waals surface area contributed by atoms with Crippen LogP contribution in [0.2, 0.25) is 5.02 Å². The fourth-order valence-corrected chi connectivity index (χ4v) is 2.64. The first-order valence-electron chi connectivity index (χ1n) is 5.75. The second-order valence-electron chi connectivity index (χ2n) is 3.92. The number of rotatable bonds is 5. The molecule has 1 aromatic rings. The molecule has 7 nitrogen and oxygen atoms in total. The van der Waals surface area contributed by atoms with Crippen molar-refractivity contribution < 1.29 is 27.5 Å². The fourth-order valence-electron chi connectivity index (χ4n) is 1.39. The van der Waals surface area contributed by atoms with Crippen LogP contribution in [0.4, 0.5) is 0 Å². The summed E-state index contributed by atoms with van der Waals surface area (Å²) in [5.41, 5.74) is -0.0519. The number of hydrogen-bond acceptors (Lipinski definition) is 6. The van der Waals surface area contributed by atoms with E-state index in [4.69, 9.17) is 16.3 Å². The van der Waals surface area contributed by atoms with Gasteiger partial charge in [0.15, 0.2) is 6.10 Å². The maximum atomic E-state index is 11.9. The molecular weight excluding hydrogens is 322 g/mol. The maximum Gasteiger partial charge on any atom is 0.346 e. The zero-order valence-electron chi connectivity index (χ0n) is 11.5. The zero-order chi connectivity index (χ0) is 16.2. The minimum Gasteiger partial charge on any atom is -0.466 e. The Hall–Kier alpha value is -1.64. The van der Waals surface area contributed by atoms with Gasteiger partial charge in [0.25, 0.3) is 0 Å². The first-order valence-corrected chi connectivity index (χ1v) is 7.61. The largest absolute Gasteiger partial charge is 0.466 e. The topological polar surface area (TPSA) is 98.8 Å². The molecule has 0 unspecified atom stereocenters. The van der Waals surface area contributed by atoms with Gasteiger partial charge in [-0.2, -0.15) is 0 Å². The van der Waals surface area contributed by atoms with Crippen molar-refractivity contribution in [3.8, 4) is 0 Å². The molecule has 0 bridgehead atoms. The monoisotopic (exact) mass is 335 g/mol. The Labute approximate surface area is 127 Å². The number of carbonyl (C=O) groups excluding carboxylic acids is 2. The normalized spacial score (nSPS) is 12.6. The molecule has 0 aliphatic heterocycles. The third-order valence-corrected chi connectivity index (χ3v) is 4.44. The first kappa shape index (κ1) is 17.4. The number of esters is 2. The number of nitrogens with one attached hydrogen (secondary N) is 1. The van der Waals surface area contributed by atoms with E-state index in [-0.39, 0.29) is 15.5 Å². The molecule has 0 spiro atoms. The van der Waals surface area contributed by atoms with Crippen LogP contribution >= 0.6 is 11.6 Å². The molecule has 21 heavy (non-hydrogen) atoms. The molecule has 9 heteroatoms. The van der Waals surface area contributed by atoms with Crippen molar-refractivity contribution in [1.29, 1.82) is 0 Å². The van der Waals surface area contributed by atoms with Gasteiger partial charge in [-0.3, -0.25) is 0 Å². The highest BCUT2D eigenvalue weighted by Gasteiger charge is 2.22. The van der Waals surface area contributed by atoms with E-state index in [1.807, 2.05) is 0 Å². The second kappa shape index (κ2) is 6.88. The molecule has 0 heterocycles. The molecule has 0 radical (unpaired) electrons. The minimum absolute atomic E-state index is 0.0399. The first-order chi connectivity index (χ1) is 9.72. The van der Waals surface area contributed by atoms with Crippen molar-refractivity contribution in [1.82, 2.24) is 4.72 Å². The standard InChI is InChI=1S/C12H14ClNO6S/c1-7(11(15)19-3)20-12(16)8-4-5-9(13)10(6-8)21(17,18)14-2/h4-7,14H,1-3H3/t7-/m0/s1. The third-order valence-electron chi connectivity index (χ3n) is 2.54. The number of hydrogen-bond donors (Lipinski definition) is 1. The Balaban J connectivity index is 3.08. The maximum absolute atomic E-state index is 11.9. The second-order valence-corrected chi connectivity index (χ2v) is 6.19. The van der Waals surface area contributed by atoms with Crippen molar-refractivity contribution in [2.75, 3.05) is 14.2 Å². The van der Waals surface area contributed by atoms with Crippen molar-refractivity contribution >= 4 is 33.6 Å². The molecule has 1 aromatic carbocycles. The van der Waals surface area contributed by atoms with Crippen molar-refractivity contribution in [2.24, 2.45) is 0 Å². The Kier molecular flexibility index (Phi) is 5.70. The average molecular weight is 336 g/mol. The summed E-state index contributed by atoms with van der Waals surface area (Å²) < 4.78 is 34.9. The van der Waals surface area contributed by atoms with Crippen LogP contribution in [0.1, 0.15) is 17.3 Å². The number of benzene rings is 1. The SMILES string of the molecule is CNS(=O)(=O)c1cc(C(=O)O[C@@H](C)C(=O)OC)ccc1Cl. The molecule has 0 fully saturated rings. The van der Waals surface area contributed by atoms with Crippen LogP contribution in [-0.4, -0.2) is 40.6 Å². The molecule has 1 rings (SSSR count). The molecule has 1 N–H and O–H groups in total. The lowest BCUT2D eigenvalue weighted by Gasteiger charge is -2.12.